The molecule has 18 heavy (non-hydrogen) atoms. The summed E-state index contributed by atoms with van der Waals surface area (Å²) in [6.07, 6.45) is 9.49. The van der Waals surface area contributed by atoms with E-state index < -0.39 is 0 Å². The predicted molar refractivity (Wildman–Crippen MR) is 69.9 cm³/mol. The molecule has 0 aromatic carbocycles. The quantitative estimate of drug-likeness (QED) is 0.861. The first-order valence-electron chi connectivity index (χ1n) is 7.21. The van der Waals surface area contributed by atoms with Gasteiger partial charge in [0.2, 0.25) is 0 Å². The molecule has 4 aliphatic carbocycles. The first-order chi connectivity index (χ1) is 8.65. The van der Waals surface area contributed by atoms with Crippen LogP contribution in [0.25, 0.3) is 0 Å². The Bertz CT molecular complexity index is 425. The number of rotatable bonds is 3. The minimum absolute atomic E-state index is 0.125. The summed E-state index contributed by atoms with van der Waals surface area (Å²) in [6.45, 7) is 0.850. The second kappa shape index (κ2) is 3.61. The van der Waals surface area contributed by atoms with Crippen LogP contribution in [0.3, 0.4) is 0 Å². The standard InChI is InChI=1S/C15H22N2O/c16-14-5-11-4-12(6-14)8-15(7-11,10-14)17-9-13-2-1-3-18-13/h1-3,11-12,17H,4-10,16H2. The van der Waals surface area contributed by atoms with E-state index in [9.17, 15) is 0 Å². The van der Waals surface area contributed by atoms with Crippen molar-refractivity contribution in [3.63, 3.8) is 0 Å². The van der Waals surface area contributed by atoms with E-state index in [2.05, 4.69) is 5.32 Å². The molecular weight excluding hydrogens is 224 g/mol. The largest absolute Gasteiger partial charge is 0.468 e. The highest BCUT2D eigenvalue weighted by Gasteiger charge is 2.55. The van der Waals surface area contributed by atoms with E-state index in [1.807, 2.05) is 12.1 Å². The zero-order valence-corrected chi connectivity index (χ0v) is 10.8. The van der Waals surface area contributed by atoms with Crippen molar-refractivity contribution >= 4 is 0 Å². The normalized spacial score (nSPS) is 45.6. The molecule has 0 amide bonds. The summed E-state index contributed by atoms with van der Waals surface area (Å²) in [7, 11) is 0. The maximum atomic E-state index is 6.59. The Hall–Kier alpha value is -0.800. The van der Waals surface area contributed by atoms with Gasteiger partial charge < -0.3 is 15.5 Å². The fraction of sp³-hybridized carbons (Fsp3) is 0.733. The highest BCUT2D eigenvalue weighted by molar-refractivity contribution is 5.15. The minimum Gasteiger partial charge on any atom is -0.468 e. The van der Waals surface area contributed by atoms with Gasteiger partial charge in [-0.25, -0.2) is 0 Å². The van der Waals surface area contributed by atoms with Crippen molar-refractivity contribution < 1.29 is 4.42 Å². The third-order valence-electron chi connectivity index (χ3n) is 5.32. The molecule has 4 aliphatic rings. The van der Waals surface area contributed by atoms with Crippen molar-refractivity contribution in [2.45, 2.75) is 56.1 Å². The number of nitrogens with two attached hydrogens (primary N) is 1. The van der Waals surface area contributed by atoms with E-state index in [0.717, 1.165) is 30.6 Å². The minimum atomic E-state index is 0.125. The third kappa shape index (κ3) is 1.72. The molecule has 1 heterocycles. The van der Waals surface area contributed by atoms with Crippen LogP contribution in [0, 0.1) is 11.8 Å². The van der Waals surface area contributed by atoms with Crippen LogP contribution >= 0.6 is 0 Å². The second-order valence-electron chi connectivity index (χ2n) is 7.04. The van der Waals surface area contributed by atoms with Crippen LogP contribution in [0.15, 0.2) is 22.8 Å². The molecule has 4 bridgehead atoms. The van der Waals surface area contributed by atoms with Gasteiger partial charge in [0.1, 0.15) is 5.76 Å². The first-order valence-corrected chi connectivity index (χ1v) is 7.21. The molecule has 2 unspecified atom stereocenters. The maximum absolute atomic E-state index is 6.59. The summed E-state index contributed by atoms with van der Waals surface area (Å²) in [4.78, 5) is 0. The van der Waals surface area contributed by atoms with Gasteiger partial charge in [-0.3, -0.25) is 0 Å². The van der Waals surface area contributed by atoms with E-state index in [-0.39, 0.29) is 5.54 Å². The van der Waals surface area contributed by atoms with Gasteiger partial charge in [0.05, 0.1) is 12.8 Å². The van der Waals surface area contributed by atoms with Gasteiger partial charge in [0, 0.05) is 11.1 Å². The van der Waals surface area contributed by atoms with Crippen molar-refractivity contribution in [1.82, 2.24) is 5.32 Å². The number of furan rings is 1. The highest BCUT2D eigenvalue weighted by atomic mass is 16.3. The molecule has 3 nitrogen and oxygen atoms in total. The van der Waals surface area contributed by atoms with Gasteiger partial charge in [-0.05, 0) is 62.5 Å². The third-order valence-corrected chi connectivity index (χ3v) is 5.32. The average Bonchev–Trinajstić information content (AvgIpc) is 2.75. The van der Waals surface area contributed by atoms with Crippen LogP contribution in [-0.2, 0) is 6.54 Å². The van der Waals surface area contributed by atoms with Crippen molar-refractivity contribution in [3.8, 4) is 0 Å². The molecule has 3 heteroatoms. The SMILES string of the molecule is NC12CC3CC(C1)CC(NCc1ccco1)(C3)C2. The Kier molecular flexibility index (Phi) is 2.22. The molecule has 1 aromatic heterocycles. The van der Waals surface area contributed by atoms with Crippen LogP contribution in [0.4, 0.5) is 0 Å². The number of hydrogen-bond acceptors (Lipinski definition) is 3. The second-order valence-corrected chi connectivity index (χ2v) is 7.04. The number of hydrogen-bond donors (Lipinski definition) is 2. The van der Waals surface area contributed by atoms with Gasteiger partial charge in [-0.15, -0.1) is 0 Å². The molecule has 1 aromatic rings. The van der Waals surface area contributed by atoms with E-state index in [0.29, 0.717) is 5.54 Å². The monoisotopic (exact) mass is 246 g/mol. The Morgan fingerprint density at radius 3 is 2.67 bits per heavy atom. The first kappa shape index (κ1) is 11.1. The summed E-state index contributed by atoms with van der Waals surface area (Å²) < 4.78 is 5.43. The van der Waals surface area contributed by atoms with Gasteiger partial charge in [-0.2, -0.15) is 0 Å². The van der Waals surface area contributed by atoms with Gasteiger partial charge in [0.25, 0.3) is 0 Å². The van der Waals surface area contributed by atoms with Crippen molar-refractivity contribution in [2.75, 3.05) is 0 Å². The lowest BCUT2D eigenvalue weighted by molar-refractivity contribution is -0.0370. The van der Waals surface area contributed by atoms with Gasteiger partial charge in [0.15, 0.2) is 0 Å². The van der Waals surface area contributed by atoms with Crippen molar-refractivity contribution in [2.24, 2.45) is 17.6 Å². The Morgan fingerprint density at radius 2 is 2.06 bits per heavy atom. The molecule has 98 valence electrons. The zero-order valence-electron chi connectivity index (χ0n) is 10.8. The summed E-state index contributed by atoms with van der Waals surface area (Å²) in [6, 6.07) is 4.01. The smallest absolute Gasteiger partial charge is 0.117 e. The van der Waals surface area contributed by atoms with E-state index in [1.165, 1.54) is 32.1 Å². The lowest BCUT2D eigenvalue weighted by Crippen LogP contribution is -2.67. The van der Waals surface area contributed by atoms with E-state index in [4.69, 9.17) is 10.2 Å². The van der Waals surface area contributed by atoms with Crippen LogP contribution < -0.4 is 11.1 Å². The lowest BCUT2D eigenvalue weighted by Gasteiger charge is -2.61. The Labute approximate surface area is 108 Å². The molecule has 0 radical (unpaired) electrons. The summed E-state index contributed by atoms with van der Waals surface area (Å²) in [5.41, 5.74) is 7.01. The van der Waals surface area contributed by atoms with E-state index in [1.54, 1.807) is 6.26 Å². The Balaban J connectivity index is 1.53. The lowest BCUT2D eigenvalue weighted by atomic mass is 9.50. The van der Waals surface area contributed by atoms with Crippen molar-refractivity contribution in [3.05, 3.63) is 24.2 Å². The molecule has 4 fully saturated rings. The molecule has 0 saturated heterocycles. The zero-order chi connectivity index (χ0) is 12.2. The van der Waals surface area contributed by atoms with Crippen LogP contribution in [0.5, 0.6) is 0 Å². The van der Waals surface area contributed by atoms with Crippen LogP contribution in [-0.4, -0.2) is 11.1 Å². The van der Waals surface area contributed by atoms with Crippen LogP contribution in [0.1, 0.15) is 44.3 Å². The maximum Gasteiger partial charge on any atom is 0.117 e. The number of nitrogens with one attached hydrogen (secondary N) is 1. The van der Waals surface area contributed by atoms with Gasteiger partial charge >= 0.3 is 0 Å². The van der Waals surface area contributed by atoms with Gasteiger partial charge in [-0.1, -0.05) is 0 Å². The summed E-state index contributed by atoms with van der Waals surface area (Å²) >= 11 is 0. The Morgan fingerprint density at radius 1 is 1.28 bits per heavy atom. The topological polar surface area (TPSA) is 51.2 Å². The molecule has 5 rings (SSSR count). The fourth-order valence-electron chi connectivity index (χ4n) is 5.23. The van der Waals surface area contributed by atoms with E-state index >= 15 is 0 Å². The molecule has 4 saturated carbocycles. The predicted octanol–water partition coefficient (Wildman–Crippen LogP) is 2.42. The average molecular weight is 246 g/mol. The molecule has 3 N–H and O–H groups in total. The molecule has 2 atom stereocenters. The summed E-state index contributed by atoms with van der Waals surface area (Å²) in [5.74, 6) is 2.76. The van der Waals surface area contributed by atoms with Crippen LogP contribution in [0.2, 0.25) is 0 Å². The van der Waals surface area contributed by atoms with Crippen molar-refractivity contribution in [1.29, 1.82) is 0 Å². The summed E-state index contributed by atoms with van der Waals surface area (Å²) in [5, 5.41) is 3.78. The molecule has 0 spiro atoms. The molecule has 0 aliphatic heterocycles. The fourth-order valence-corrected chi connectivity index (χ4v) is 5.23. The molecular formula is C15H22N2O. The highest BCUT2D eigenvalue weighted by Crippen LogP contribution is 2.56.